The number of hydrogen-bond donors (Lipinski definition) is 1. The summed E-state index contributed by atoms with van der Waals surface area (Å²) in [6.45, 7) is 14.2. The number of nitrogens with one attached hydrogen (secondary N) is 1. The van der Waals surface area contributed by atoms with E-state index in [0.717, 1.165) is 13.0 Å². The predicted octanol–water partition coefficient (Wildman–Crippen LogP) is 1.16. The zero-order valence-electron chi connectivity index (χ0n) is 17.5. The fraction of sp³-hybridized carbons (Fsp3) is 0.842. The first-order chi connectivity index (χ1) is 12.8. The monoisotopic (exact) mass is 384 g/mol. The molecule has 1 atom stereocenters. The molecule has 27 heavy (non-hydrogen) atoms. The van der Waals surface area contributed by atoms with Gasteiger partial charge in [-0.05, 0) is 33.1 Å². The molecular formula is C19H36N4O4. The number of hydrogen-bond acceptors (Lipinski definition) is 5. The molecule has 0 unspecified atom stereocenters. The quantitative estimate of drug-likeness (QED) is 0.679. The van der Waals surface area contributed by atoms with Gasteiger partial charge in [0, 0.05) is 39.3 Å². The third kappa shape index (κ3) is 7.36. The van der Waals surface area contributed by atoms with Crippen LogP contribution < -0.4 is 5.32 Å². The van der Waals surface area contributed by atoms with Gasteiger partial charge in [-0.3, -0.25) is 14.5 Å². The average Bonchev–Trinajstić information content (AvgIpc) is 2.86. The van der Waals surface area contributed by atoms with Crippen molar-refractivity contribution >= 4 is 17.9 Å². The van der Waals surface area contributed by atoms with Crippen LogP contribution >= 0.6 is 0 Å². The summed E-state index contributed by atoms with van der Waals surface area (Å²) in [4.78, 5) is 42.7. The Morgan fingerprint density at radius 3 is 2.26 bits per heavy atom. The van der Waals surface area contributed by atoms with Crippen molar-refractivity contribution in [1.29, 1.82) is 0 Å². The van der Waals surface area contributed by atoms with Crippen LogP contribution in [-0.2, 0) is 14.3 Å². The highest BCUT2D eigenvalue weighted by atomic mass is 16.5. The highest BCUT2D eigenvalue weighted by Crippen LogP contribution is 2.11. The number of nitrogens with zero attached hydrogens (tertiary/aromatic N) is 3. The molecule has 0 bridgehead atoms. The molecule has 1 rings (SSSR count). The van der Waals surface area contributed by atoms with Crippen LogP contribution in [-0.4, -0.2) is 91.1 Å². The summed E-state index contributed by atoms with van der Waals surface area (Å²) in [5, 5.41) is 2.68. The molecule has 1 fully saturated rings. The van der Waals surface area contributed by atoms with Gasteiger partial charge in [-0.15, -0.1) is 0 Å². The Bertz CT molecular complexity index is 494. The molecule has 0 aliphatic carbocycles. The van der Waals surface area contributed by atoms with Gasteiger partial charge in [-0.1, -0.05) is 13.8 Å². The maximum atomic E-state index is 12.9. The van der Waals surface area contributed by atoms with Gasteiger partial charge in [0.25, 0.3) is 0 Å². The fourth-order valence-corrected chi connectivity index (χ4v) is 3.23. The van der Waals surface area contributed by atoms with Crippen molar-refractivity contribution in [3.8, 4) is 0 Å². The van der Waals surface area contributed by atoms with Crippen LogP contribution in [0.5, 0.6) is 0 Å². The van der Waals surface area contributed by atoms with Crippen molar-refractivity contribution < 1.29 is 19.1 Å². The highest BCUT2D eigenvalue weighted by Gasteiger charge is 2.30. The number of carbonyl (C=O) groups is 3. The summed E-state index contributed by atoms with van der Waals surface area (Å²) >= 11 is 0. The second-order valence-corrected chi connectivity index (χ2v) is 7.11. The molecule has 0 saturated carbocycles. The largest absolute Gasteiger partial charge is 0.450 e. The minimum absolute atomic E-state index is 0.0366. The Morgan fingerprint density at radius 2 is 1.70 bits per heavy atom. The zero-order valence-corrected chi connectivity index (χ0v) is 17.5. The van der Waals surface area contributed by atoms with E-state index in [1.807, 2.05) is 32.6 Å². The second-order valence-electron chi connectivity index (χ2n) is 7.11. The van der Waals surface area contributed by atoms with Gasteiger partial charge in [0.05, 0.1) is 13.2 Å². The Labute approximate surface area is 163 Å². The van der Waals surface area contributed by atoms with Gasteiger partial charge in [-0.25, -0.2) is 4.79 Å². The molecule has 0 aromatic heterocycles. The molecule has 1 N–H and O–H groups in total. The normalized spacial score (nSPS) is 16.6. The predicted molar refractivity (Wildman–Crippen MR) is 104 cm³/mol. The lowest BCUT2D eigenvalue weighted by molar-refractivity contribution is -0.134. The standard InChI is InChI=1S/C19H36N4O4/c1-6-22(7-2)16(24)14-21-10-9-11-23(13-12-21)18(25)17(15(4)5)20-19(26)27-8-3/h15,17H,6-14H2,1-5H3,(H,20,26)/t17-/m0/s1. The number of amides is 3. The van der Waals surface area contributed by atoms with Crippen LogP contribution in [0, 0.1) is 5.92 Å². The minimum Gasteiger partial charge on any atom is -0.450 e. The molecule has 3 amide bonds. The lowest BCUT2D eigenvalue weighted by Gasteiger charge is -2.29. The number of rotatable bonds is 8. The van der Waals surface area contributed by atoms with Gasteiger partial charge in [0.2, 0.25) is 11.8 Å². The smallest absolute Gasteiger partial charge is 0.407 e. The van der Waals surface area contributed by atoms with E-state index in [0.29, 0.717) is 39.3 Å². The van der Waals surface area contributed by atoms with Gasteiger partial charge >= 0.3 is 6.09 Å². The summed E-state index contributed by atoms with van der Waals surface area (Å²) < 4.78 is 4.92. The summed E-state index contributed by atoms with van der Waals surface area (Å²) in [5.41, 5.74) is 0. The van der Waals surface area contributed by atoms with E-state index < -0.39 is 12.1 Å². The van der Waals surface area contributed by atoms with Crippen LogP contribution in [0.25, 0.3) is 0 Å². The van der Waals surface area contributed by atoms with Crippen molar-refractivity contribution in [3.05, 3.63) is 0 Å². The van der Waals surface area contributed by atoms with Crippen molar-refractivity contribution in [2.75, 3.05) is 52.4 Å². The lowest BCUT2D eigenvalue weighted by Crippen LogP contribution is -2.52. The molecule has 1 aliphatic rings. The van der Waals surface area contributed by atoms with E-state index in [2.05, 4.69) is 10.2 Å². The van der Waals surface area contributed by atoms with E-state index >= 15 is 0 Å². The molecule has 0 radical (unpaired) electrons. The minimum atomic E-state index is -0.604. The summed E-state index contributed by atoms with van der Waals surface area (Å²) in [6, 6.07) is -0.604. The molecular weight excluding hydrogens is 348 g/mol. The van der Waals surface area contributed by atoms with Crippen molar-refractivity contribution in [2.24, 2.45) is 5.92 Å². The molecule has 8 heteroatoms. The third-order valence-corrected chi connectivity index (χ3v) is 4.86. The van der Waals surface area contributed by atoms with Gasteiger partial charge < -0.3 is 19.9 Å². The van der Waals surface area contributed by atoms with E-state index in [4.69, 9.17) is 4.74 Å². The number of ether oxygens (including phenoxy) is 1. The van der Waals surface area contributed by atoms with Crippen molar-refractivity contribution in [3.63, 3.8) is 0 Å². The molecule has 0 spiro atoms. The summed E-state index contributed by atoms with van der Waals surface area (Å²) in [7, 11) is 0. The maximum Gasteiger partial charge on any atom is 0.407 e. The maximum absolute atomic E-state index is 12.9. The molecule has 8 nitrogen and oxygen atoms in total. The van der Waals surface area contributed by atoms with Crippen molar-refractivity contribution in [1.82, 2.24) is 20.0 Å². The first-order valence-corrected chi connectivity index (χ1v) is 10.1. The first-order valence-electron chi connectivity index (χ1n) is 10.1. The lowest BCUT2D eigenvalue weighted by atomic mass is 10.0. The number of alkyl carbamates (subject to hydrolysis) is 1. The molecule has 1 aliphatic heterocycles. The average molecular weight is 385 g/mol. The number of carbonyl (C=O) groups excluding carboxylic acids is 3. The van der Waals surface area contributed by atoms with E-state index in [-0.39, 0.29) is 24.3 Å². The first kappa shape index (κ1) is 23.2. The fourth-order valence-electron chi connectivity index (χ4n) is 3.23. The van der Waals surface area contributed by atoms with Crippen LogP contribution in [0.4, 0.5) is 4.79 Å². The van der Waals surface area contributed by atoms with Crippen LogP contribution in [0.2, 0.25) is 0 Å². The Morgan fingerprint density at radius 1 is 1.04 bits per heavy atom. The Hall–Kier alpha value is -1.83. The molecule has 0 aromatic rings. The van der Waals surface area contributed by atoms with Crippen LogP contribution in [0.3, 0.4) is 0 Å². The molecule has 1 heterocycles. The van der Waals surface area contributed by atoms with Crippen molar-refractivity contribution in [2.45, 2.75) is 47.1 Å². The van der Waals surface area contributed by atoms with Crippen LogP contribution in [0.15, 0.2) is 0 Å². The zero-order chi connectivity index (χ0) is 20.4. The van der Waals surface area contributed by atoms with Gasteiger partial charge in [-0.2, -0.15) is 0 Å². The topological polar surface area (TPSA) is 82.2 Å². The molecule has 156 valence electrons. The van der Waals surface area contributed by atoms with Gasteiger partial charge in [0.1, 0.15) is 6.04 Å². The second kappa shape index (κ2) is 11.8. The summed E-state index contributed by atoms with van der Waals surface area (Å²) in [6.07, 6.45) is 0.243. The van der Waals surface area contributed by atoms with Gasteiger partial charge in [0.15, 0.2) is 0 Å². The Kier molecular flexibility index (Phi) is 10.1. The van der Waals surface area contributed by atoms with Crippen LogP contribution in [0.1, 0.15) is 41.0 Å². The Balaban J connectivity index is 2.64. The molecule has 1 saturated heterocycles. The van der Waals surface area contributed by atoms with E-state index in [1.165, 1.54) is 0 Å². The van der Waals surface area contributed by atoms with E-state index in [9.17, 15) is 14.4 Å². The van der Waals surface area contributed by atoms with E-state index in [1.54, 1.807) is 11.8 Å². The molecule has 0 aromatic carbocycles. The highest BCUT2D eigenvalue weighted by molar-refractivity contribution is 5.86. The number of likely N-dealkylation sites (N-methyl/N-ethyl adjacent to an activating group) is 1. The summed E-state index contributed by atoms with van der Waals surface area (Å²) in [5.74, 6) is 0.00397. The SMILES string of the molecule is CCOC(=O)N[C@H](C(=O)N1CCCN(CC(=O)N(CC)CC)CC1)C(C)C. The third-order valence-electron chi connectivity index (χ3n) is 4.86.